The number of hydrogen-bond acceptors (Lipinski definition) is 5. The number of aliphatic hydroxyl groups excluding tert-OH is 2. The number of para-hydroxylation sites is 1. The van der Waals surface area contributed by atoms with Crippen LogP contribution in [0.5, 0.6) is 5.88 Å². The van der Waals surface area contributed by atoms with Gasteiger partial charge in [0.15, 0.2) is 5.43 Å². The van der Waals surface area contributed by atoms with Gasteiger partial charge < -0.3 is 19.5 Å². The van der Waals surface area contributed by atoms with E-state index in [0.717, 1.165) is 0 Å². The third-order valence-corrected chi connectivity index (χ3v) is 4.78. The van der Waals surface area contributed by atoms with Gasteiger partial charge in [0.2, 0.25) is 5.88 Å². The highest BCUT2D eigenvalue weighted by molar-refractivity contribution is 6.38. The molecule has 0 bridgehead atoms. The molecule has 142 valence electrons. The lowest BCUT2D eigenvalue weighted by atomic mass is 10.2. The first-order chi connectivity index (χ1) is 13.0. The highest BCUT2D eigenvalue weighted by atomic mass is 35.5. The maximum atomic E-state index is 12.7. The number of ether oxygens (including phenoxy) is 1. The molecule has 0 aliphatic heterocycles. The van der Waals surface area contributed by atoms with Crippen molar-refractivity contribution >= 4 is 45.7 Å². The normalized spacial score (nSPS) is 11.1. The van der Waals surface area contributed by atoms with Crippen molar-refractivity contribution in [1.29, 1.82) is 0 Å². The van der Waals surface area contributed by atoms with E-state index >= 15 is 0 Å². The van der Waals surface area contributed by atoms with Gasteiger partial charge in [-0.25, -0.2) is 4.98 Å². The molecule has 1 aromatic carbocycles. The van der Waals surface area contributed by atoms with Crippen molar-refractivity contribution in [2.24, 2.45) is 0 Å². The predicted octanol–water partition coefficient (Wildman–Crippen LogP) is 3.60. The molecule has 9 heteroatoms. The Hall–Kier alpha value is -1.83. The molecule has 3 aromatic rings. The van der Waals surface area contributed by atoms with Crippen LogP contribution in [-0.2, 0) is 6.61 Å². The third kappa shape index (κ3) is 3.77. The van der Waals surface area contributed by atoms with E-state index in [1.54, 1.807) is 18.2 Å². The van der Waals surface area contributed by atoms with Gasteiger partial charge in [-0.3, -0.25) is 4.79 Å². The first-order valence-corrected chi connectivity index (χ1v) is 9.15. The minimum absolute atomic E-state index is 0.0559. The number of aromatic nitrogens is 2. The molecule has 2 aromatic heterocycles. The number of aliphatic hydroxyl groups is 2. The second kappa shape index (κ2) is 8.46. The zero-order valence-corrected chi connectivity index (χ0v) is 16.2. The summed E-state index contributed by atoms with van der Waals surface area (Å²) in [5.41, 5.74) is 0.501. The molecule has 0 radical (unpaired) electrons. The number of benzene rings is 1. The van der Waals surface area contributed by atoms with Crippen LogP contribution in [0, 0.1) is 0 Å². The summed E-state index contributed by atoms with van der Waals surface area (Å²) >= 11 is 19.1. The molecule has 0 saturated carbocycles. The summed E-state index contributed by atoms with van der Waals surface area (Å²) in [4.78, 5) is 16.8. The lowest BCUT2D eigenvalue weighted by Gasteiger charge is -2.20. The zero-order chi connectivity index (χ0) is 19.6. The molecular weight excluding hydrogens is 415 g/mol. The van der Waals surface area contributed by atoms with Gasteiger partial charge in [0.1, 0.15) is 5.39 Å². The van der Waals surface area contributed by atoms with Crippen molar-refractivity contribution in [2.75, 3.05) is 13.2 Å². The van der Waals surface area contributed by atoms with Crippen LogP contribution in [0.2, 0.25) is 15.1 Å². The van der Waals surface area contributed by atoms with E-state index in [0.29, 0.717) is 22.2 Å². The van der Waals surface area contributed by atoms with E-state index in [-0.39, 0.29) is 40.7 Å². The number of fused-ring (bicyclic) bond motifs is 1. The highest BCUT2D eigenvalue weighted by Crippen LogP contribution is 2.35. The molecule has 3 rings (SSSR count). The average Bonchev–Trinajstić information content (AvgIpc) is 2.64. The van der Waals surface area contributed by atoms with Crippen LogP contribution in [0.25, 0.3) is 16.6 Å². The highest BCUT2D eigenvalue weighted by Gasteiger charge is 2.21. The molecule has 0 aliphatic rings. The van der Waals surface area contributed by atoms with Crippen molar-refractivity contribution in [3.8, 4) is 11.6 Å². The van der Waals surface area contributed by atoms with Crippen LogP contribution in [0.4, 0.5) is 0 Å². The number of rotatable bonds is 6. The minimum Gasteiger partial charge on any atom is -0.477 e. The second-order valence-electron chi connectivity index (χ2n) is 5.62. The van der Waals surface area contributed by atoms with Gasteiger partial charge in [-0.05, 0) is 12.1 Å². The molecule has 0 aliphatic carbocycles. The molecule has 0 fully saturated rings. The summed E-state index contributed by atoms with van der Waals surface area (Å²) in [5.74, 6) is 0.0780. The fraction of sp³-hybridized carbons (Fsp3) is 0.222. The number of pyridine rings is 2. The van der Waals surface area contributed by atoms with Gasteiger partial charge in [-0.1, -0.05) is 40.9 Å². The van der Waals surface area contributed by atoms with Crippen LogP contribution < -0.4 is 10.2 Å². The monoisotopic (exact) mass is 428 g/mol. The van der Waals surface area contributed by atoms with E-state index in [4.69, 9.17) is 44.6 Å². The summed E-state index contributed by atoms with van der Waals surface area (Å²) in [6.07, 6.45) is 1.73. The standard InChI is InChI=1S/C18H15Cl3N2O4/c19-11-3-1-4-12(20)16(11)23-10(9-25)7-14(26)15-17(23)13(21)8-22-18(15)27-6-2-5-24/h1,3-4,7-8,24-25H,2,5-6,9H2. The Balaban J connectivity index is 2.41. The van der Waals surface area contributed by atoms with Crippen LogP contribution in [0.3, 0.4) is 0 Å². The number of halogens is 3. The van der Waals surface area contributed by atoms with Gasteiger partial charge in [0, 0.05) is 19.1 Å². The van der Waals surface area contributed by atoms with E-state index in [9.17, 15) is 9.90 Å². The van der Waals surface area contributed by atoms with Gasteiger partial charge in [-0.15, -0.1) is 0 Å². The van der Waals surface area contributed by atoms with Gasteiger partial charge >= 0.3 is 0 Å². The molecule has 2 heterocycles. The molecule has 0 atom stereocenters. The molecule has 0 amide bonds. The Bertz CT molecular complexity index is 1030. The largest absolute Gasteiger partial charge is 0.477 e. The molecule has 27 heavy (non-hydrogen) atoms. The fourth-order valence-electron chi connectivity index (χ4n) is 2.75. The maximum absolute atomic E-state index is 12.7. The summed E-state index contributed by atoms with van der Waals surface area (Å²) in [7, 11) is 0. The average molecular weight is 430 g/mol. The predicted molar refractivity (Wildman–Crippen MR) is 105 cm³/mol. The molecule has 6 nitrogen and oxygen atoms in total. The number of hydrogen-bond donors (Lipinski definition) is 2. The van der Waals surface area contributed by atoms with Crippen molar-refractivity contribution in [1.82, 2.24) is 9.55 Å². The van der Waals surface area contributed by atoms with Crippen molar-refractivity contribution in [2.45, 2.75) is 13.0 Å². The van der Waals surface area contributed by atoms with Crippen molar-refractivity contribution in [3.63, 3.8) is 0 Å². The first kappa shape index (κ1) is 19.9. The fourth-order valence-corrected chi connectivity index (χ4v) is 3.55. The topological polar surface area (TPSA) is 84.6 Å². The lowest BCUT2D eigenvalue weighted by Crippen LogP contribution is -2.16. The Morgan fingerprint density at radius 2 is 1.81 bits per heavy atom. The van der Waals surface area contributed by atoms with Gasteiger partial charge in [0.05, 0.1) is 51.4 Å². The summed E-state index contributed by atoms with van der Waals surface area (Å²) in [5, 5.41) is 19.7. The Kier molecular flexibility index (Phi) is 6.24. The van der Waals surface area contributed by atoms with Gasteiger partial charge in [0.25, 0.3) is 0 Å². The van der Waals surface area contributed by atoms with E-state index in [2.05, 4.69) is 4.98 Å². The lowest BCUT2D eigenvalue weighted by molar-refractivity contribution is 0.230. The molecular formula is C18H15Cl3N2O4. The van der Waals surface area contributed by atoms with Crippen LogP contribution >= 0.6 is 34.8 Å². The molecule has 0 saturated heterocycles. The summed E-state index contributed by atoms with van der Waals surface area (Å²) in [6, 6.07) is 6.23. The quantitative estimate of drug-likeness (QED) is 0.585. The SMILES string of the molecule is O=c1cc(CO)n(-c2c(Cl)cccc2Cl)c2c(Cl)cnc(OCCCO)c12. The number of nitrogens with zero attached hydrogens (tertiary/aromatic N) is 2. The summed E-state index contributed by atoms with van der Waals surface area (Å²) in [6.45, 7) is -0.319. The maximum Gasteiger partial charge on any atom is 0.227 e. The Morgan fingerprint density at radius 1 is 1.11 bits per heavy atom. The summed E-state index contributed by atoms with van der Waals surface area (Å²) < 4.78 is 7.08. The van der Waals surface area contributed by atoms with Crippen LogP contribution in [-0.4, -0.2) is 33.0 Å². The molecule has 2 N–H and O–H groups in total. The second-order valence-corrected chi connectivity index (χ2v) is 6.85. The van der Waals surface area contributed by atoms with Crippen LogP contribution in [0.1, 0.15) is 12.1 Å². The van der Waals surface area contributed by atoms with Gasteiger partial charge in [-0.2, -0.15) is 0 Å². The Labute approximate surface area is 169 Å². The third-order valence-electron chi connectivity index (χ3n) is 3.89. The van der Waals surface area contributed by atoms with E-state index in [1.807, 2.05) is 0 Å². The Morgan fingerprint density at radius 3 is 2.44 bits per heavy atom. The molecule has 0 spiro atoms. The smallest absolute Gasteiger partial charge is 0.227 e. The van der Waals surface area contributed by atoms with Crippen LogP contribution in [0.15, 0.2) is 35.3 Å². The van der Waals surface area contributed by atoms with E-state index in [1.165, 1.54) is 16.8 Å². The molecule has 0 unspecified atom stereocenters. The zero-order valence-electron chi connectivity index (χ0n) is 14.0. The van der Waals surface area contributed by atoms with Crippen molar-refractivity contribution < 1.29 is 14.9 Å². The first-order valence-electron chi connectivity index (χ1n) is 8.01. The van der Waals surface area contributed by atoms with E-state index < -0.39 is 12.0 Å². The van der Waals surface area contributed by atoms with Crippen molar-refractivity contribution in [3.05, 3.63) is 61.4 Å². The minimum atomic E-state index is -0.438.